The Bertz CT molecular complexity index is 1270. The monoisotopic (exact) mass is 531 g/mol. The van der Waals surface area contributed by atoms with Gasteiger partial charge in [0.05, 0.1) is 26.9 Å². The minimum Gasteiger partial charge on any atom is -0.493 e. The third kappa shape index (κ3) is 7.20. The van der Waals surface area contributed by atoms with Crippen LogP contribution in [0.25, 0.3) is 0 Å². The number of methoxy groups -OCH3 is 1. The van der Waals surface area contributed by atoms with Crippen molar-refractivity contribution in [2.75, 3.05) is 56.2 Å². The summed E-state index contributed by atoms with van der Waals surface area (Å²) in [7, 11) is -2.61. The summed E-state index contributed by atoms with van der Waals surface area (Å²) < 4.78 is 53.5. The highest BCUT2D eigenvalue weighted by Crippen LogP contribution is 2.41. The predicted molar refractivity (Wildman–Crippen MR) is 137 cm³/mol. The van der Waals surface area contributed by atoms with Crippen LogP contribution in [0.4, 0.5) is 11.8 Å². The zero-order chi connectivity index (χ0) is 26.1. The van der Waals surface area contributed by atoms with Gasteiger partial charge in [-0.3, -0.25) is 4.72 Å². The molecule has 13 heteroatoms. The smallest absolute Gasteiger partial charge is 0.300 e. The number of rotatable bonds is 12. The van der Waals surface area contributed by atoms with Gasteiger partial charge in [0.25, 0.3) is 5.88 Å². The average Bonchev–Trinajstić information content (AvgIpc) is 2.93. The van der Waals surface area contributed by atoms with Gasteiger partial charge < -0.3 is 29.0 Å². The summed E-state index contributed by atoms with van der Waals surface area (Å²) in [5, 5.41) is 9.36. The lowest BCUT2D eigenvalue weighted by atomic mass is 10.2. The molecule has 12 nitrogen and oxygen atoms in total. The molecule has 2 aromatic carbocycles. The van der Waals surface area contributed by atoms with Crippen molar-refractivity contribution in [3.05, 3.63) is 60.2 Å². The quantitative estimate of drug-likeness (QED) is 0.317. The standard InChI is InChI=1S/C24H29N5O7S/c1-33-19-9-5-6-10-20(19)36-21-22(28-37(31,32)25-17-18-7-3-2-4-8-18)26-24(27-23(21)35-16-13-30)29-11-14-34-15-12-29/h2-10,25,30H,11-17H2,1H3,(H,26,27,28). The Morgan fingerprint density at radius 2 is 1.73 bits per heavy atom. The number of hydrogen-bond donors (Lipinski definition) is 3. The van der Waals surface area contributed by atoms with E-state index >= 15 is 0 Å². The van der Waals surface area contributed by atoms with Crippen LogP contribution in [0.15, 0.2) is 54.6 Å². The van der Waals surface area contributed by atoms with Gasteiger partial charge in [-0.05, 0) is 17.7 Å². The van der Waals surface area contributed by atoms with Gasteiger partial charge in [-0.1, -0.05) is 42.5 Å². The number of anilines is 2. The van der Waals surface area contributed by atoms with Crippen molar-refractivity contribution in [2.45, 2.75) is 6.54 Å². The van der Waals surface area contributed by atoms with E-state index in [1.807, 2.05) is 23.1 Å². The molecule has 3 aromatic rings. The Balaban J connectivity index is 1.72. The summed E-state index contributed by atoms with van der Waals surface area (Å²) in [6.07, 6.45) is 0. The van der Waals surface area contributed by atoms with Gasteiger partial charge in [0.2, 0.25) is 11.7 Å². The fraction of sp³-hybridized carbons (Fsp3) is 0.333. The molecule has 3 N–H and O–H groups in total. The molecule has 1 aliphatic heterocycles. The van der Waals surface area contributed by atoms with Crippen molar-refractivity contribution >= 4 is 22.0 Å². The van der Waals surface area contributed by atoms with Crippen LogP contribution in [-0.2, 0) is 21.5 Å². The highest BCUT2D eigenvalue weighted by molar-refractivity contribution is 7.90. The molecular weight excluding hydrogens is 502 g/mol. The highest BCUT2D eigenvalue weighted by Gasteiger charge is 2.26. The van der Waals surface area contributed by atoms with Crippen LogP contribution < -0.4 is 28.6 Å². The Kier molecular flexibility index (Phi) is 8.95. The van der Waals surface area contributed by atoms with E-state index in [1.54, 1.807) is 36.4 Å². The number of para-hydroxylation sites is 2. The van der Waals surface area contributed by atoms with Crippen molar-refractivity contribution < 1.29 is 32.5 Å². The Labute approximate surface area is 215 Å². The molecule has 0 bridgehead atoms. The first kappa shape index (κ1) is 26.4. The van der Waals surface area contributed by atoms with Crippen LogP contribution in [-0.4, -0.2) is 70.1 Å². The van der Waals surface area contributed by atoms with Crippen molar-refractivity contribution in [3.63, 3.8) is 0 Å². The van der Waals surface area contributed by atoms with Gasteiger partial charge >= 0.3 is 10.2 Å². The molecule has 2 heterocycles. The number of ether oxygens (including phenoxy) is 4. The van der Waals surface area contributed by atoms with Gasteiger partial charge in [0.15, 0.2) is 17.3 Å². The lowest BCUT2D eigenvalue weighted by molar-refractivity contribution is 0.122. The van der Waals surface area contributed by atoms with E-state index in [0.717, 1.165) is 5.56 Å². The third-order valence-electron chi connectivity index (χ3n) is 5.27. The average molecular weight is 532 g/mol. The summed E-state index contributed by atoms with van der Waals surface area (Å²) in [6.45, 7) is 1.62. The minimum atomic E-state index is -4.10. The number of nitrogens with one attached hydrogen (secondary N) is 2. The zero-order valence-electron chi connectivity index (χ0n) is 20.3. The largest absolute Gasteiger partial charge is 0.493 e. The molecule has 1 aliphatic rings. The van der Waals surface area contributed by atoms with E-state index in [4.69, 9.17) is 18.9 Å². The van der Waals surface area contributed by atoms with E-state index < -0.39 is 10.2 Å². The SMILES string of the molecule is COc1ccccc1Oc1c(NS(=O)(=O)NCc2ccccc2)nc(N2CCOCC2)nc1OCCO. The second-order valence-electron chi connectivity index (χ2n) is 7.84. The van der Waals surface area contributed by atoms with Crippen LogP contribution in [0.3, 0.4) is 0 Å². The van der Waals surface area contributed by atoms with Crippen LogP contribution in [0.1, 0.15) is 5.56 Å². The molecule has 0 atom stereocenters. The number of aliphatic hydroxyl groups is 1. The molecule has 1 fully saturated rings. The maximum atomic E-state index is 13.0. The third-order valence-corrected chi connectivity index (χ3v) is 6.25. The van der Waals surface area contributed by atoms with Crippen molar-refractivity contribution in [2.24, 2.45) is 0 Å². The molecule has 37 heavy (non-hydrogen) atoms. The molecule has 1 aromatic heterocycles. The topological polar surface area (TPSA) is 144 Å². The fourth-order valence-electron chi connectivity index (χ4n) is 3.48. The first-order chi connectivity index (χ1) is 18.0. The first-order valence-electron chi connectivity index (χ1n) is 11.6. The summed E-state index contributed by atoms with van der Waals surface area (Å²) >= 11 is 0. The molecule has 4 rings (SSSR count). The minimum absolute atomic E-state index is 0.0443. The number of nitrogens with zero attached hydrogens (tertiary/aromatic N) is 3. The number of morpholine rings is 1. The van der Waals surface area contributed by atoms with Crippen LogP contribution in [0.5, 0.6) is 23.1 Å². The number of aliphatic hydroxyl groups excluding tert-OH is 1. The lowest BCUT2D eigenvalue weighted by Gasteiger charge is -2.28. The maximum absolute atomic E-state index is 13.0. The molecule has 198 valence electrons. The van der Waals surface area contributed by atoms with Crippen LogP contribution in [0, 0.1) is 0 Å². The number of aromatic nitrogens is 2. The van der Waals surface area contributed by atoms with Gasteiger partial charge in [-0.2, -0.15) is 23.1 Å². The van der Waals surface area contributed by atoms with Gasteiger partial charge in [-0.25, -0.2) is 0 Å². The highest BCUT2D eigenvalue weighted by atomic mass is 32.2. The maximum Gasteiger partial charge on any atom is 0.300 e. The zero-order valence-corrected chi connectivity index (χ0v) is 21.1. The number of benzene rings is 2. The normalized spacial score (nSPS) is 13.7. The summed E-state index contributed by atoms with van der Waals surface area (Å²) in [5.41, 5.74) is 0.780. The second-order valence-corrected chi connectivity index (χ2v) is 9.34. The summed E-state index contributed by atoms with van der Waals surface area (Å²) in [4.78, 5) is 10.8. The molecule has 0 unspecified atom stereocenters. The Morgan fingerprint density at radius 3 is 2.43 bits per heavy atom. The van der Waals surface area contributed by atoms with Crippen LogP contribution >= 0.6 is 0 Å². The Hall–Kier alpha value is -3.65. The van der Waals surface area contributed by atoms with Crippen molar-refractivity contribution in [1.29, 1.82) is 0 Å². The van der Waals surface area contributed by atoms with Crippen LogP contribution in [0.2, 0.25) is 0 Å². The predicted octanol–water partition coefficient (Wildman–Crippen LogP) is 1.93. The number of hydrogen-bond acceptors (Lipinski definition) is 10. The summed E-state index contributed by atoms with van der Waals surface area (Å²) in [6, 6.07) is 15.9. The van der Waals surface area contributed by atoms with E-state index in [1.165, 1.54) is 7.11 Å². The van der Waals surface area contributed by atoms with E-state index in [0.29, 0.717) is 37.8 Å². The molecule has 0 spiro atoms. The van der Waals surface area contributed by atoms with E-state index in [2.05, 4.69) is 19.4 Å². The molecule has 0 amide bonds. The first-order valence-corrected chi connectivity index (χ1v) is 13.1. The van der Waals surface area contributed by atoms with E-state index in [-0.39, 0.29) is 43.2 Å². The fourth-order valence-corrected chi connectivity index (χ4v) is 4.30. The van der Waals surface area contributed by atoms with E-state index in [9.17, 15) is 13.5 Å². The molecule has 1 saturated heterocycles. The lowest BCUT2D eigenvalue weighted by Crippen LogP contribution is -2.37. The molecule has 0 saturated carbocycles. The Morgan fingerprint density at radius 1 is 1.03 bits per heavy atom. The molecule has 0 aliphatic carbocycles. The van der Waals surface area contributed by atoms with Crippen molar-refractivity contribution in [1.82, 2.24) is 14.7 Å². The molecular formula is C24H29N5O7S. The van der Waals surface area contributed by atoms with Gasteiger partial charge in [0, 0.05) is 19.6 Å². The van der Waals surface area contributed by atoms with Gasteiger partial charge in [0.1, 0.15) is 6.61 Å². The van der Waals surface area contributed by atoms with Gasteiger partial charge in [-0.15, -0.1) is 0 Å². The van der Waals surface area contributed by atoms with Crippen molar-refractivity contribution in [3.8, 4) is 23.1 Å². The summed E-state index contributed by atoms with van der Waals surface area (Å²) in [5.74, 6) is 0.653. The second kappa shape index (κ2) is 12.5. The molecule has 0 radical (unpaired) electrons.